The Morgan fingerprint density at radius 3 is 2.06 bits per heavy atom. The normalized spacial score (nSPS) is 25.2. The van der Waals surface area contributed by atoms with Crippen LogP contribution in [-0.2, 0) is 0 Å². The van der Waals surface area contributed by atoms with E-state index in [1.54, 1.807) is 0 Å². The lowest BCUT2D eigenvalue weighted by molar-refractivity contribution is 0.254. The average Bonchev–Trinajstić information content (AvgIpc) is 2.28. The maximum Gasteiger partial charge on any atom is 0.134 e. The number of rotatable bonds is 2. The van der Waals surface area contributed by atoms with Crippen molar-refractivity contribution in [3.63, 3.8) is 0 Å². The first-order valence-corrected chi connectivity index (χ1v) is 7.85. The van der Waals surface area contributed by atoms with Crippen molar-refractivity contribution in [3.8, 4) is 0 Å². The second-order valence-electron chi connectivity index (χ2n) is 5.23. The first kappa shape index (κ1) is 13.5. The number of aromatic nitrogens is 2. The fourth-order valence-corrected chi connectivity index (χ4v) is 3.74. The Kier molecular flexibility index (Phi) is 4.59. The zero-order valence-corrected chi connectivity index (χ0v) is 13.5. The van der Waals surface area contributed by atoms with Gasteiger partial charge in [0.15, 0.2) is 0 Å². The molecule has 0 aliphatic heterocycles. The first-order chi connectivity index (χ1) is 8.06. The molecule has 1 heterocycles. The van der Waals surface area contributed by atoms with Crippen LogP contribution >= 0.6 is 31.9 Å². The van der Waals surface area contributed by atoms with Crippen molar-refractivity contribution >= 4 is 31.9 Å². The molecule has 17 heavy (non-hydrogen) atoms. The van der Waals surface area contributed by atoms with Crippen LogP contribution in [-0.4, -0.2) is 9.97 Å². The van der Waals surface area contributed by atoms with Gasteiger partial charge in [-0.3, -0.25) is 0 Å². The summed E-state index contributed by atoms with van der Waals surface area (Å²) in [7, 11) is 0. The Balaban J connectivity index is 2.05. The summed E-state index contributed by atoms with van der Waals surface area (Å²) in [5.74, 6) is 3.24. The van der Waals surface area contributed by atoms with Crippen LogP contribution in [0.5, 0.6) is 0 Å². The average molecular weight is 362 g/mol. The van der Waals surface area contributed by atoms with Crippen LogP contribution in [0.25, 0.3) is 0 Å². The van der Waals surface area contributed by atoms with E-state index in [1.165, 1.54) is 25.7 Å². The molecular weight excluding hydrogens is 344 g/mol. The zero-order chi connectivity index (χ0) is 12.4. The third kappa shape index (κ3) is 3.50. The molecule has 0 N–H and O–H groups in total. The molecule has 1 fully saturated rings. The lowest BCUT2D eigenvalue weighted by Gasteiger charge is -2.30. The fourth-order valence-electron chi connectivity index (χ4n) is 2.63. The van der Waals surface area contributed by atoms with E-state index in [4.69, 9.17) is 0 Å². The Hall–Kier alpha value is 0.0400. The SMILES string of the molecule is CC(C)C1CCC(c2nc(Br)cc(Br)n2)CC1. The summed E-state index contributed by atoms with van der Waals surface area (Å²) < 4.78 is 1.75. The Bertz CT molecular complexity index is 365. The van der Waals surface area contributed by atoms with Crippen LogP contribution in [0.2, 0.25) is 0 Å². The summed E-state index contributed by atoms with van der Waals surface area (Å²) in [6.45, 7) is 4.66. The van der Waals surface area contributed by atoms with Crippen molar-refractivity contribution in [3.05, 3.63) is 21.1 Å². The lowest BCUT2D eigenvalue weighted by atomic mass is 9.77. The van der Waals surface area contributed by atoms with Gasteiger partial charge in [0.25, 0.3) is 0 Å². The van der Waals surface area contributed by atoms with E-state index >= 15 is 0 Å². The Morgan fingerprint density at radius 2 is 1.59 bits per heavy atom. The quantitative estimate of drug-likeness (QED) is 0.698. The highest BCUT2D eigenvalue weighted by atomic mass is 79.9. The van der Waals surface area contributed by atoms with E-state index in [0.717, 1.165) is 26.9 Å². The number of nitrogens with zero attached hydrogens (tertiary/aromatic N) is 2. The van der Waals surface area contributed by atoms with Gasteiger partial charge in [-0.25, -0.2) is 9.97 Å². The van der Waals surface area contributed by atoms with Crippen molar-refractivity contribution in [1.82, 2.24) is 9.97 Å². The molecule has 1 aliphatic rings. The maximum atomic E-state index is 4.50. The van der Waals surface area contributed by atoms with E-state index in [-0.39, 0.29) is 0 Å². The highest BCUT2D eigenvalue weighted by Gasteiger charge is 2.26. The summed E-state index contributed by atoms with van der Waals surface area (Å²) in [6, 6.07) is 1.89. The minimum absolute atomic E-state index is 0.541. The fraction of sp³-hybridized carbons (Fsp3) is 0.692. The number of hydrogen-bond donors (Lipinski definition) is 0. The second-order valence-corrected chi connectivity index (χ2v) is 6.85. The van der Waals surface area contributed by atoms with E-state index < -0.39 is 0 Å². The molecular formula is C13H18Br2N2. The largest absolute Gasteiger partial charge is 0.226 e. The Morgan fingerprint density at radius 1 is 1.06 bits per heavy atom. The molecule has 94 valence electrons. The molecule has 1 aromatic rings. The van der Waals surface area contributed by atoms with Crippen molar-refractivity contribution < 1.29 is 0 Å². The molecule has 1 aliphatic carbocycles. The standard InChI is InChI=1S/C13H18Br2N2/c1-8(2)9-3-5-10(6-4-9)13-16-11(14)7-12(15)17-13/h7-10H,3-6H2,1-2H3. The van der Waals surface area contributed by atoms with Crippen molar-refractivity contribution in [2.24, 2.45) is 11.8 Å². The summed E-state index contributed by atoms with van der Waals surface area (Å²) in [5.41, 5.74) is 0. The third-order valence-corrected chi connectivity index (χ3v) is 4.57. The minimum atomic E-state index is 0.541. The highest BCUT2D eigenvalue weighted by molar-refractivity contribution is 9.11. The van der Waals surface area contributed by atoms with E-state index in [2.05, 4.69) is 55.7 Å². The number of halogens is 2. The topological polar surface area (TPSA) is 25.8 Å². The summed E-state index contributed by atoms with van der Waals surface area (Å²) in [5, 5.41) is 0. The van der Waals surface area contributed by atoms with Gasteiger partial charge in [-0.2, -0.15) is 0 Å². The van der Waals surface area contributed by atoms with Crippen LogP contribution < -0.4 is 0 Å². The van der Waals surface area contributed by atoms with E-state index in [1.807, 2.05) is 6.07 Å². The molecule has 0 spiro atoms. The van der Waals surface area contributed by atoms with Gasteiger partial charge < -0.3 is 0 Å². The second kappa shape index (κ2) is 5.79. The van der Waals surface area contributed by atoms with Gasteiger partial charge in [0.05, 0.1) is 0 Å². The highest BCUT2D eigenvalue weighted by Crippen LogP contribution is 2.37. The monoisotopic (exact) mass is 360 g/mol. The third-order valence-electron chi connectivity index (χ3n) is 3.76. The van der Waals surface area contributed by atoms with Crippen molar-refractivity contribution in [1.29, 1.82) is 0 Å². The van der Waals surface area contributed by atoms with E-state index in [9.17, 15) is 0 Å². The van der Waals surface area contributed by atoms with Gasteiger partial charge in [0, 0.05) is 12.0 Å². The predicted octanol–water partition coefficient (Wildman–Crippen LogP) is 4.93. The van der Waals surface area contributed by atoms with Gasteiger partial charge in [0.1, 0.15) is 15.0 Å². The van der Waals surface area contributed by atoms with E-state index in [0.29, 0.717) is 5.92 Å². The molecule has 1 aromatic heterocycles. The minimum Gasteiger partial charge on any atom is -0.226 e. The van der Waals surface area contributed by atoms with Crippen molar-refractivity contribution in [2.75, 3.05) is 0 Å². The molecule has 0 atom stereocenters. The predicted molar refractivity (Wildman–Crippen MR) is 77.0 cm³/mol. The van der Waals surface area contributed by atoms with Gasteiger partial charge in [-0.05, 0) is 69.4 Å². The van der Waals surface area contributed by atoms with Crippen LogP contribution in [0.3, 0.4) is 0 Å². The van der Waals surface area contributed by atoms with Crippen LogP contribution in [0.1, 0.15) is 51.3 Å². The van der Waals surface area contributed by atoms with Gasteiger partial charge in [-0.15, -0.1) is 0 Å². The van der Waals surface area contributed by atoms with Gasteiger partial charge in [-0.1, -0.05) is 13.8 Å². The van der Waals surface area contributed by atoms with Crippen LogP contribution in [0.4, 0.5) is 0 Å². The Labute approximate surface area is 120 Å². The molecule has 0 radical (unpaired) electrons. The van der Waals surface area contributed by atoms with Crippen molar-refractivity contribution in [2.45, 2.75) is 45.4 Å². The molecule has 0 bridgehead atoms. The summed E-state index contributed by atoms with van der Waals surface area (Å²) in [4.78, 5) is 9.01. The maximum absolute atomic E-state index is 4.50. The smallest absolute Gasteiger partial charge is 0.134 e. The molecule has 0 amide bonds. The molecule has 0 unspecified atom stereocenters. The van der Waals surface area contributed by atoms with Gasteiger partial charge >= 0.3 is 0 Å². The first-order valence-electron chi connectivity index (χ1n) is 6.26. The molecule has 2 nitrogen and oxygen atoms in total. The van der Waals surface area contributed by atoms with Gasteiger partial charge in [0.2, 0.25) is 0 Å². The lowest BCUT2D eigenvalue weighted by Crippen LogP contribution is -2.19. The molecule has 0 aromatic carbocycles. The summed E-state index contributed by atoms with van der Waals surface area (Å²) in [6.07, 6.45) is 5.09. The molecule has 2 rings (SSSR count). The van der Waals surface area contributed by atoms with Crippen LogP contribution in [0.15, 0.2) is 15.3 Å². The summed E-state index contributed by atoms with van der Waals surface area (Å²) >= 11 is 6.87. The number of hydrogen-bond acceptors (Lipinski definition) is 2. The zero-order valence-electron chi connectivity index (χ0n) is 10.3. The van der Waals surface area contributed by atoms with Crippen LogP contribution in [0, 0.1) is 11.8 Å². The molecule has 0 saturated heterocycles. The molecule has 1 saturated carbocycles. The molecule has 4 heteroatoms.